The first-order chi connectivity index (χ1) is 9.91. The van der Waals surface area contributed by atoms with Gasteiger partial charge >= 0.3 is 0 Å². The van der Waals surface area contributed by atoms with Crippen LogP contribution in [0.4, 0.5) is 0 Å². The van der Waals surface area contributed by atoms with Crippen LogP contribution in [0.15, 0.2) is 0 Å². The molecule has 0 aliphatic carbocycles. The van der Waals surface area contributed by atoms with Crippen LogP contribution in [0.25, 0.3) is 0 Å². The molecule has 0 bridgehead atoms. The monoisotopic (exact) mass is 281 g/mol. The van der Waals surface area contributed by atoms with E-state index in [1.807, 2.05) is 0 Å². The van der Waals surface area contributed by atoms with Crippen molar-refractivity contribution in [2.45, 2.75) is 123 Å². The average Bonchev–Trinajstić information content (AvgIpc) is 2.47. The highest BCUT2D eigenvalue weighted by Gasteiger charge is 1.94. The van der Waals surface area contributed by atoms with Crippen molar-refractivity contribution in [3.05, 3.63) is 6.42 Å². The Morgan fingerprint density at radius 1 is 0.400 bits per heavy atom. The average molecular weight is 282 g/mol. The van der Waals surface area contributed by atoms with Crippen molar-refractivity contribution >= 4 is 0 Å². The summed E-state index contributed by atoms with van der Waals surface area (Å²) in [4.78, 5) is 0. The Hall–Kier alpha value is 0. The zero-order chi connectivity index (χ0) is 14.7. The Kier molecular flexibility index (Phi) is 19.0. The summed E-state index contributed by atoms with van der Waals surface area (Å²) in [5, 5.41) is 0. The topological polar surface area (TPSA) is 0 Å². The number of hydrogen-bond donors (Lipinski definition) is 0. The predicted molar refractivity (Wildman–Crippen MR) is 94.1 cm³/mol. The first-order valence-electron chi connectivity index (χ1n) is 9.73. The summed E-state index contributed by atoms with van der Waals surface area (Å²) in [6.45, 7) is 4.56. The molecule has 0 aliphatic rings. The Labute approximate surface area is 130 Å². The molecular formula is C20H41. The normalized spacial score (nSPS) is 11.1. The summed E-state index contributed by atoms with van der Waals surface area (Å²) in [7, 11) is 0. The first-order valence-corrected chi connectivity index (χ1v) is 9.73. The second kappa shape index (κ2) is 19.0. The van der Waals surface area contributed by atoms with Crippen molar-refractivity contribution in [3.63, 3.8) is 0 Å². The minimum absolute atomic E-state index is 1.32. The van der Waals surface area contributed by atoms with Crippen LogP contribution in [0.3, 0.4) is 0 Å². The van der Waals surface area contributed by atoms with E-state index in [9.17, 15) is 0 Å². The van der Waals surface area contributed by atoms with Crippen LogP contribution in [0.5, 0.6) is 0 Å². The van der Waals surface area contributed by atoms with Gasteiger partial charge in [-0.3, -0.25) is 0 Å². The van der Waals surface area contributed by atoms with Crippen molar-refractivity contribution in [2.75, 3.05) is 0 Å². The quantitative estimate of drug-likeness (QED) is 0.238. The van der Waals surface area contributed by atoms with Gasteiger partial charge in [0.15, 0.2) is 0 Å². The molecule has 20 heavy (non-hydrogen) atoms. The van der Waals surface area contributed by atoms with Gasteiger partial charge in [-0.15, -0.1) is 0 Å². The SMILES string of the molecule is CCC[CH]CCCCCCCCCCCCCCCC. The zero-order valence-corrected chi connectivity index (χ0v) is 14.6. The van der Waals surface area contributed by atoms with Crippen molar-refractivity contribution < 1.29 is 0 Å². The molecule has 0 atom stereocenters. The second-order valence-corrected chi connectivity index (χ2v) is 6.46. The fraction of sp³-hybridized carbons (Fsp3) is 0.950. The maximum Gasteiger partial charge on any atom is -0.0386 e. The lowest BCUT2D eigenvalue weighted by molar-refractivity contribution is 0.534. The van der Waals surface area contributed by atoms with E-state index in [0.717, 1.165) is 0 Å². The molecule has 0 heterocycles. The molecule has 0 nitrogen and oxygen atoms in total. The van der Waals surface area contributed by atoms with Crippen LogP contribution in [-0.2, 0) is 0 Å². The molecule has 0 spiro atoms. The Balaban J connectivity index is 2.89. The fourth-order valence-electron chi connectivity index (χ4n) is 2.83. The molecule has 0 aromatic rings. The van der Waals surface area contributed by atoms with Crippen LogP contribution < -0.4 is 0 Å². The molecular weight excluding hydrogens is 240 g/mol. The van der Waals surface area contributed by atoms with Gasteiger partial charge in [-0.2, -0.15) is 0 Å². The lowest BCUT2D eigenvalue weighted by Crippen LogP contribution is -1.83. The molecule has 0 aliphatic heterocycles. The summed E-state index contributed by atoms with van der Waals surface area (Å²) >= 11 is 0. The fourth-order valence-corrected chi connectivity index (χ4v) is 2.83. The smallest absolute Gasteiger partial charge is 0.0386 e. The number of unbranched alkanes of at least 4 members (excludes halogenated alkanes) is 17. The van der Waals surface area contributed by atoms with E-state index in [1.54, 1.807) is 0 Å². The molecule has 0 rings (SSSR count). The third-order valence-corrected chi connectivity index (χ3v) is 4.25. The molecule has 121 valence electrons. The van der Waals surface area contributed by atoms with E-state index in [1.165, 1.54) is 109 Å². The number of hydrogen-bond acceptors (Lipinski definition) is 0. The Bertz CT molecular complexity index is 132. The van der Waals surface area contributed by atoms with Crippen molar-refractivity contribution in [1.82, 2.24) is 0 Å². The molecule has 0 unspecified atom stereocenters. The third-order valence-electron chi connectivity index (χ3n) is 4.25. The highest BCUT2D eigenvalue weighted by molar-refractivity contribution is 4.62. The highest BCUT2D eigenvalue weighted by Crippen LogP contribution is 2.13. The van der Waals surface area contributed by atoms with E-state index < -0.39 is 0 Å². The van der Waals surface area contributed by atoms with Crippen molar-refractivity contribution in [3.8, 4) is 0 Å². The molecule has 1 radical (unpaired) electrons. The largest absolute Gasteiger partial charge is 0.0654 e. The molecule has 0 amide bonds. The second-order valence-electron chi connectivity index (χ2n) is 6.46. The van der Waals surface area contributed by atoms with Gasteiger partial charge in [0.05, 0.1) is 0 Å². The molecule has 0 saturated heterocycles. The van der Waals surface area contributed by atoms with E-state index in [0.29, 0.717) is 0 Å². The molecule has 0 aromatic carbocycles. The minimum atomic E-state index is 1.32. The van der Waals surface area contributed by atoms with Crippen molar-refractivity contribution in [2.24, 2.45) is 0 Å². The maximum atomic E-state index is 2.47. The van der Waals surface area contributed by atoms with E-state index in [-0.39, 0.29) is 0 Å². The minimum Gasteiger partial charge on any atom is -0.0654 e. The van der Waals surface area contributed by atoms with Crippen LogP contribution in [0.1, 0.15) is 123 Å². The van der Waals surface area contributed by atoms with Gasteiger partial charge in [0.2, 0.25) is 0 Å². The van der Waals surface area contributed by atoms with Gasteiger partial charge in [0.1, 0.15) is 0 Å². The van der Waals surface area contributed by atoms with Crippen LogP contribution in [0.2, 0.25) is 0 Å². The Morgan fingerprint density at radius 3 is 1.20 bits per heavy atom. The van der Waals surface area contributed by atoms with Gasteiger partial charge in [0, 0.05) is 0 Å². The predicted octanol–water partition coefficient (Wildman–Crippen LogP) is 7.86. The van der Waals surface area contributed by atoms with E-state index >= 15 is 0 Å². The van der Waals surface area contributed by atoms with Crippen LogP contribution in [-0.4, -0.2) is 0 Å². The van der Waals surface area contributed by atoms with Crippen LogP contribution >= 0.6 is 0 Å². The van der Waals surface area contributed by atoms with E-state index in [4.69, 9.17) is 0 Å². The summed E-state index contributed by atoms with van der Waals surface area (Å²) in [5.41, 5.74) is 0. The Morgan fingerprint density at radius 2 is 0.800 bits per heavy atom. The lowest BCUT2D eigenvalue weighted by Gasteiger charge is -2.03. The third kappa shape index (κ3) is 18.0. The highest BCUT2D eigenvalue weighted by atomic mass is 14.0. The number of rotatable bonds is 17. The van der Waals surface area contributed by atoms with Gasteiger partial charge in [-0.1, -0.05) is 123 Å². The molecule has 0 fully saturated rings. The summed E-state index contributed by atoms with van der Waals surface area (Å²) < 4.78 is 0. The molecule has 0 aromatic heterocycles. The summed E-state index contributed by atoms with van der Waals surface area (Å²) in [6.07, 6.45) is 26.9. The van der Waals surface area contributed by atoms with Gasteiger partial charge in [-0.05, 0) is 6.42 Å². The summed E-state index contributed by atoms with van der Waals surface area (Å²) in [6, 6.07) is 0. The summed E-state index contributed by atoms with van der Waals surface area (Å²) in [5.74, 6) is 0. The van der Waals surface area contributed by atoms with Gasteiger partial charge < -0.3 is 0 Å². The lowest BCUT2D eigenvalue weighted by atomic mass is 10.0. The standard InChI is InChI=1S/C20H41/c1-3-5-7-9-11-13-15-17-19-20-18-16-14-12-10-8-6-4-2/h7H,3-6,8-20H2,1-2H3. The van der Waals surface area contributed by atoms with Gasteiger partial charge in [-0.25, -0.2) is 0 Å². The van der Waals surface area contributed by atoms with Crippen molar-refractivity contribution in [1.29, 1.82) is 0 Å². The zero-order valence-electron chi connectivity index (χ0n) is 14.6. The van der Waals surface area contributed by atoms with Gasteiger partial charge in [0.25, 0.3) is 0 Å². The first kappa shape index (κ1) is 20.0. The molecule has 0 heteroatoms. The molecule has 0 N–H and O–H groups in total. The maximum absolute atomic E-state index is 2.47. The molecule has 0 saturated carbocycles. The van der Waals surface area contributed by atoms with Crippen LogP contribution in [0, 0.1) is 6.42 Å². The van der Waals surface area contributed by atoms with E-state index in [2.05, 4.69) is 20.3 Å².